The van der Waals surface area contributed by atoms with Crippen molar-refractivity contribution in [2.75, 3.05) is 4.90 Å². The molecule has 0 radical (unpaired) electrons. The van der Waals surface area contributed by atoms with Gasteiger partial charge in [-0.15, -0.1) is 0 Å². The van der Waals surface area contributed by atoms with Gasteiger partial charge in [0.15, 0.2) is 4.32 Å². The molecule has 1 amide bonds. The van der Waals surface area contributed by atoms with Crippen LogP contribution in [0.2, 0.25) is 10.0 Å². The zero-order chi connectivity index (χ0) is 15.7. The second-order valence-electron chi connectivity index (χ2n) is 4.53. The number of amides is 1. The summed E-state index contributed by atoms with van der Waals surface area (Å²) in [4.78, 5) is 14.7. The van der Waals surface area contributed by atoms with Gasteiger partial charge in [-0.25, -0.2) is 0 Å². The fourth-order valence-corrected chi connectivity index (χ4v) is 3.63. The van der Waals surface area contributed by atoms with Crippen molar-refractivity contribution in [3.05, 3.63) is 69.0 Å². The van der Waals surface area contributed by atoms with Gasteiger partial charge in [0.1, 0.15) is 0 Å². The van der Waals surface area contributed by atoms with Gasteiger partial charge in [-0.2, -0.15) is 0 Å². The predicted octanol–water partition coefficient (Wildman–Crippen LogP) is 5.40. The fourth-order valence-electron chi connectivity index (χ4n) is 2.02. The molecule has 3 rings (SSSR count). The lowest BCUT2D eigenvalue weighted by atomic mass is 10.2. The number of benzene rings is 2. The number of thiocarbonyl (C=S) groups is 1. The number of hydrogen-bond acceptors (Lipinski definition) is 3. The third-order valence-electron chi connectivity index (χ3n) is 3.05. The van der Waals surface area contributed by atoms with Gasteiger partial charge < -0.3 is 0 Å². The lowest BCUT2D eigenvalue weighted by molar-refractivity contribution is -0.113. The molecule has 0 aromatic heterocycles. The number of rotatable bonds is 2. The number of para-hydroxylation sites is 1. The lowest BCUT2D eigenvalue weighted by Crippen LogP contribution is -2.27. The first kappa shape index (κ1) is 15.6. The highest BCUT2D eigenvalue weighted by molar-refractivity contribution is 8.27. The van der Waals surface area contributed by atoms with Crippen LogP contribution in [-0.4, -0.2) is 10.2 Å². The maximum absolute atomic E-state index is 12.6. The summed E-state index contributed by atoms with van der Waals surface area (Å²) in [5.41, 5.74) is 1.57. The molecule has 1 aliphatic rings. The van der Waals surface area contributed by atoms with E-state index < -0.39 is 0 Å². The van der Waals surface area contributed by atoms with Gasteiger partial charge in [-0.3, -0.25) is 9.69 Å². The standard InChI is InChI=1S/C16H9Cl2NOS2/c17-12-7-6-10(8-13(12)18)9-14-15(20)19(16(21)22-14)11-4-2-1-3-5-11/h1-9H/b14-9-. The van der Waals surface area contributed by atoms with Gasteiger partial charge in [0.2, 0.25) is 0 Å². The largest absolute Gasteiger partial charge is 0.270 e. The molecule has 1 aliphatic heterocycles. The molecule has 1 heterocycles. The molecule has 0 aliphatic carbocycles. The van der Waals surface area contributed by atoms with Crippen molar-refractivity contribution in [3.63, 3.8) is 0 Å². The van der Waals surface area contributed by atoms with Gasteiger partial charge >= 0.3 is 0 Å². The summed E-state index contributed by atoms with van der Waals surface area (Å²) in [7, 11) is 0. The first-order valence-corrected chi connectivity index (χ1v) is 8.32. The summed E-state index contributed by atoms with van der Waals surface area (Å²) in [5.74, 6) is -0.132. The minimum atomic E-state index is -0.132. The molecule has 2 aromatic rings. The fraction of sp³-hybridized carbons (Fsp3) is 0. The molecule has 1 fully saturated rings. The Morgan fingerprint density at radius 2 is 1.77 bits per heavy atom. The van der Waals surface area contributed by atoms with E-state index in [4.69, 9.17) is 35.4 Å². The molecule has 0 bridgehead atoms. The lowest BCUT2D eigenvalue weighted by Gasteiger charge is -2.13. The van der Waals surface area contributed by atoms with E-state index in [1.165, 1.54) is 16.7 Å². The average molecular weight is 366 g/mol. The average Bonchev–Trinajstić information content (AvgIpc) is 2.78. The SMILES string of the molecule is O=C1/C(=C/c2ccc(Cl)c(Cl)c2)SC(=S)N1c1ccccc1. The molecule has 0 atom stereocenters. The van der Waals surface area contributed by atoms with E-state index in [1.807, 2.05) is 36.4 Å². The second-order valence-corrected chi connectivity index (χ2v) is 7.02. The van der Waals surface area contributed by atoms with E-state index >= 15 is 0 Å². The Hall–Kier alpha value is -1.33. The van der Waals surface area contributed by atoms with Crippen LogP contribution in [0.1, 0.15) is 5.56 Å². The molecule has 1 saturated heterocycles. The number of hydrogen-bond donors (Lipinski definition) is 0. The van der Waals surface area contributed by atoms with Crippen LogP contribution in [0.25, 0.3) is 6.08 Å². The van der Waals surface area contributed by atoms with Gasteiger partial charge in [0.05, 0.1) is 20.6 Å². The Balaban J connectivity index is 1.93. The van der Waals surface area contributed by atoms with Crippen LogP contribution in [0.3, 0.4) is 0 Å². The summed E-state index contributed by atoms with van der Waals surface area (Å²) in [6.07, 6.45) is 1.77. The third-order valence-corrected chi connectivity index (χ3v) is 5.09. The van der Waals surface area contributed by atoms with Crippen molar-refractivity contribution in [3.8, 4) is 0 Å². The quantitative estimate of drug-likeness (QED) is 0.524. The molecule has 0 spiro atoms. The van der Waals surface area contributed by atoms with Crippen LogP contribution >= 0.6 is 47.2 Å². The Morgan fingerprint density at radius 3 is 2.45 bits per heavy atom. The molecular formula is C16H9Cl2NOS2. The smallest absolute Gasteiger partial charge is 0.268 e. The summed E-state index contributed by atoms with van der Waals surface area (Å²) in [5, 5.41) is 0.935. The van der Waals surface area contributed by atoms with Crippen molar-refractivity contribution >= 4 is 69.2 Å². The van der Waals surface area contributed by atoms with Crippen molar-refractivity contribution in [1.82, 2.24) is 0 Å². The molecule has 2 aromatic carbocycles. The summed E-state index contributed by atoms with van der Waals surface area (Å²) < 4.78 is 0.516. The number of carbonyl (C=O) groups is 1. The van der Waals surface area contributed by atoms with E-state index in [-0.39, 0.29) is 5.91 Å². The summed E-state index contributed by atoms with van der Waals surface area (Å²) >= 11 is 18.5. The number of carbonyl (C=O) groups excluding carboxylic acids is 1. The number of anilines is 1. The zero-order valence-electron chi connectivity index (χ0n) is 11.1. The zero-order valence-corrected chi connectivity index (χ0v) is 14.3. The molecule has 2 nitrogen and oxygen atoms in total. The highest BCUT2D eigenvalue weighted by Gasteiger charge is 2.33. The monoisotopic (exact) mass is 365 g/mol. The number of thioether (sulfide) groups is 1. The maximum atomic E-state index is 12.6. The van der Waals surface area contributed by atoms with Crippen LogP contribution in [0.15, 0.2) is 53.4 Å². The summed E-state index contributed by atoms with van der Waals surface area (Å²) in [6.45, 7) is 0. The normalized spacial score (nSPS) is 16.6. The van der Waals surface area contributed by atoms with Crippen molar-refractivity contribution in [1.29, 1.82) is 0 Å². The second kappa shape index (κ2) is 6.42. The van der Waals surface area contributed by atoms with Crippen LogP contribution < -0.4 is 4.90 Å². The highest BCUT2D eigenvalue weighted by Crippen LogP contribution is 2.36. The first-order chi connectivity index (χ1) is 10.6. The van der Waals surface area contributed by atoms with Gasteiger partial charge in [0.25, 0.3) is 5.91 Å². The maximum Gasteiger partial charge on any atom is 0.270 e. The number of halogens is 2. The van der Waals surface area contributed by atoms with Gasteiger partial charge in [-0.1, -0.05) is 71.4 Å². The molecule has 110 valence electrons. The molecule has 22 heavy (non-hydrogen) atoms. The van der Waals surface area contributed by atoms with E-state index in [0.29, 0.717) is 19.3 Å². The third kappa shape index (κ3) is 3.06. The Kier molecular flexibility index (Phi) is 4.54. The topological polar surface area (TPSA) is 20.3 Å². The molecule has 0 saturated carbocycles. The number of nitrogens with zero attached hydrogens (tertiary/aromatic N) is 1. The molecule has 0 unspecified atom stereocenters. The van der Waals surface area contributed by atoms with Crippen LogP contribution in [0.5, 0.6) is 0 Å². The highest BCUT2D eigenvalue weighted by atomic mass is 35.5. The molecular weight excluding hydrogens is 357 g/mol. The first-order valence-electron chi connectivity index (χ1n) is 6.34. The van der Waals surface area contributed by atoms with Crippen molar-refractivity contribution in [2.45, 2.75) is 0 Å². The minimum Gasteiger partial charge on any atom is -0.268 e. The Morgan fingerprint density at radius 1 is 1.05 bits per heavy atom. The minimum absolute atomic E-state index is 0.132. The van der Waals surface area contributed by atoms with Crippen LogP contribution in [-0.2, 0) is 4.79 Å². The van der Waals surface area contributed by atoms with Crippen LogP contribution in [0, 0.1) is 0 Å². The van der Waals surface area contributed by atoms with E-state index in [9.17, 15) is 4.79 Å². The summed E-state index contributed by atoms with van der Waals surface area (Å²) in [6, 6.07) is 14.6. The van der Waals surface area contributed by atoms with Gasteiger partial charge in [-0.05, 0) is 35.9 Å². The van der Waals surface area contributed by atoms with E-state index in [2.05, 4.69) is 0 Å². The van der Waals surface area contributed by atoms with E-state index in [1.54, 1.807) is 18.2 Å². The van der Waals surface area contributed by atoms with Crippen molar-refractivity contribution < 1.29 is 4.79 Å². The molecule has 6 heteroatoms. The molecule has 0 N–H and O–H groups in total. The van der Waals surface area contributed by atoms with Crippen LogP contribution in [0.4, 0.5) is 5.69 Å². The van der Waals surface area contributed by atoms with Gasteiger partial charge in [0, 0.05) is 0 Å². The van der Waals surface area contributed by atoms with Crippen molar-refractivity contribution in [2.24, 2.45) is 0 Å². The Bertz CT molecular complexity index is 790. The van der Waals surface area contributed by atoms with E-state index in [0.717, 1.165) is 11.3 Å². The predicted molar refractivity (Wildman–Crippen MR) is 98.6 cm³/mol. The Labute approximate surface area is 147 Å².